The number of nitrogens with one attached hydrogen (secondary N) is 1. The summed E-state index contributed by atoms with van der Waals surface area (Å²) in [5, 5.41) is 4.54. The number of aromatic nitrogens is 1. The summed E-state index contributed by atoms with van der Waals surface area (Å²) in [6.45, 7) is 5.18. The van der Waals surface area contributed by atoms with Gasteiger partial charge in [0, 0.05) is 24.1 Å². The van der Waals surface area contributed by atoms with Crippen LogP contribution >= 0.6 is 11.8 Å². The first kappa shape index (κ1) is 14.2. The molecule has 0 spiro atoms. The summed E-state index contributed by atoms with van der Waals surface area (Å²) in [5.74, 6) is 2.49. The van der Waals surface area contributed by atoms with E-state index in [1.807, 2.05) is 23.9 Å². The lowest BCUT2D eigenvalue weighted by molar-refractivity contribution is 0.397. The highest BCUT2D eigenvalue weighted by molar-refractivity contribution is 8.14. The second kappa shape index (κ2) is 6.80. The minimum absolute atomic E-state index is 0.565. The van der Waals surface area contributed by atoms with Gasteiger partial charge < -0.3 is 10.1 Å². The molecule has 19 heavy (non-hydrogen) atoms. The SMILES string of the molecule is COc1cc(CN=C2NC(CC(C)C)CS2)ccn1. The summed E-state index contributed by atoms with van der Waals surface area (Å²) in [4.78, 5) is 8.70. The molecule has 1 aromatic heterocycles. The van der Waals surface area contributed by atoms with E-state index in [1.165, 1.54) is 6.42 Å². The molecule has 0 amide bonds. The molecule has 0 aliphatic carbocycles. The number of ether oxygens (including phenoxy) is 1. The van der Waals surface area contributed by atoms with Crippen LogP contribution < -0.4 is 10.1 Å². The van der Waals surface area contributed by atoms with Crippen molar-refractivity contribution in [3.05, 3.63) is 23.9 Å². The van der Waals surface area contributed by atoms with E-state index in [0.29, 0.717) is 18.5 Å². The lowest BCUT2D eigenvalue weighted by Gasteiger charge is -2.11. The Balaban J connectivity index is 1.89. The van der Waals surface area contributed by atoms with Crippen LogP contribution in [0.3, 0.4) is 0 Å². The van der Waals surface area contributed by atoms with Gasteiger partial charge in [-0.15, -0.1) is 0 Å². The normalized spacial score (nSPS) is 20.8. The van der Waals surface area contributed by atoms with Crippen LogP contribution in [-0.4, -0.2) is 29.1 Å². The van der Waals surface area contributed by atoms with E-state index >= 15 is 0 Å². The van der Waals surface area contributed by atoms with E-state index in [2.05, 4.69) is 29.1 Å². The van der Waals surface area contributed by atoms with Crippen molar-refractivity contribution < 1.29 is 4.74 Å². The van der Waals surface area contributed by atoms with Crippen molar-refractivity contribution in [2.45, 2.75) is 32.9 Å². The summed E-state index contributed by atoms with van der Waals surface area (Å²) in [6, 6.07) is 4.46. The van der Waals surface area contributed by atoms with Gasteiger partial charge in [-0.25, -0.2) is 4.98 Å². The third-order valence-electron chi connectivity index (χ3n) is 2.92. The smallest absolute Gasteiger partial charge is 0.213 e. The Bertz CT molecular complexity index is 448. The van der Waals surface area contributed by atoms with Crippen LogP contribution in [0.15, 0.2) is 23.3 Å². The Kier molecular flexibility index (Phi) is 5.07. The fraction of sp³-hybridized carbons (Fsp3) is 0.571. The molecule has 4 nitrogen and oxygen atoms in total. The number of hydrogen-bond acceptors (Lipinski definition) is 4. The molecule has 1 saturated heterocycles. The number of thioether (sulfide) groups is 1. The first-order valence-electron chi connectivity index (χ1n) is 6.60. The zero-order valence-corrected chi connectivity index (χ0v) is 12.5. The van der Waals surface area contributed by atoms with Gasteiger partial charge in [0.1, 0.15) is 0 Å². The molecule has 0 bridgehead atoms. The highest BCUT2D eigenvalue weighted by Crippen LogP contribution is 2.19. The van der Waals surface area contributed by atoms with Crippen molar-refractivity contribution in [2.24, 2.45) is 10.9 Å². The van der Waals surface area contributed by atoms with Crippen LogP contribution in [0.1, 0.15) is 25.8 Å². The molecule has 5 heteroatoms. The van der Waals surface area contributed by atoms with Gasteiger partial charge in [0.2, 0.25) is 5.88 Å². The maximum absolute atomic E-state index is 5.11. The molecule has 1 unspecified atom stereocenters. The van der Waals surface area contributed by atoms with Gasteiger partial charge in [0.05, 0.1) is 13.7 Å². The van der Waals surface area contributed by atoms with E-state index < -0.39 is 0 Å². The van der Waals surface area contributed by atoms with E-state index in [-0.39, 0.29) is 0 Å². The van der Waals surface area contributed by atoms with Crippen LogP contribution in [0.25, 0.3) is 0 Å². The first-order valence-corrected chi connectivity index (χ1v) is 7.58. The van der Waals surface area contributed by atoms with E-state index in [0.717, 1.165) is 22.4 Å². The standard InChI is InChI=1S/C14H21N3OS/c1-10(2)6-12-9-19-14(17-12)16-8-11-4-5-15-13(7-11)18-3/h4-5,7,10,12H,6,8-9H2,1-3H3,(H,16,17). The van der Waals surface area contributed by atoms with Gasteiger partial charge in [-0.2, -0.15) is 0 Å². The number of nitrogens with zero attached hydrogens (tertiary/aromatic N) is 2. The monoisotopic (exact) mass is 279 g/mol. The predicted octanol–water partition coefficient (Wildman–Crippen LogP) is 2.70. The molecule has 0 aromatic carbocycles. The van der Waals surface area contributed by atoms with Crippen LogP contribution in [0.2, 0.25) is 0 Å². The fourth-order valence-corrected chi connectivity index (χ4v) is 3.03. The lowest BCUT2D eigenvalue weighted by Crippen LogP contribution is -2.28. The van der Waals surface area contributed by atoms with Crippen molar-refractivity contribution in [3.63, 3.8) is 0 Å². The second-order valence-corrected chi connectivity index (χ2v) is 6.12. The van der Waals surface area contributed by atoms with Crippen LogP contribution in [0, 0.1) is 5.92 Å². The van der Waals surface area contributed by atoms with E-state index in [4.69, 9.17) is 4.74 Å². The second-order valence-electron chi connectivity index (χ2n) is 5.11. The molecule has 2 rings (SSSR count). The zero-order chi connectivity index (χ0) is 13.7. The number of amidine groups is 1. The Hall–Kier alpha value is -1.23. The molecule has 1 fully saturated rings. The molecule has 1 aromatic rings. The van der Waals surface area contributed by atoms with Crippen LogP contribution in [-0.2, 0) is 6.54 Å². The molecule has 2 heterocycles. The summed E-state index contributed by atoms with van der Waals surface area (Å²) in [6.07, 6.45) is 2.96. The molecular formula is C14H21N3OS. The highest BCUT2D eigenvalue weighted by Gasteiger charge is 2.20. The summed E-state index contributed by atoms with van der Waals surface area (Å²) >= 11 is 1.81. The third kappa shape index (κ3) is 4.42. The number of pyridine rings is 1. The lowest BCUT2D eigenvalue weighted by atomic mass is 10.1. The largest absolute Gasteiger partial charge is 0.481 e. The highest BCUT2D eigenvalue weighted by atomic mass is 32.2. The Morgan fingerprint density at radius 3 is 3.16 bits per heavy atom. The fourth-order valence-electron chi connectivity index (χ4n) is 2.05. The van der Waals surface area contributed by atoms with E-state index in [9.17, 15) is 0 Å². The van der Waals surface area contributed by atoms with Crippen molar-refractivity contribution >= 4 is 16.9 Å². The topological polar surface area (TPSA) is 46.5 Å². The van der Waals surface area contributed by atoms with Gasteiger partial charge in [-0.3, -0.25) is 4.99 Å². The van der Waals surface area contributed by atoms with Gasteiger partial charge in [-0.05, 0) is 24.0 Å². The average molecular weight is 279 g/mol. The maximum atomic E-state index is 5.11. The van der Waals surface area contributed by atoms with Crippen molar-refractivity contribution in [1.82, 2.24) is 10.3 Å². The predicted molar refractivity (Wildman–Crippen MR) is 80.8 cm³/mol. The molecule has 0 radical (unpaired) electrons. The van der Waals surface area contributed by atoms with Crippen LogP contribution in [0.5, 0.6) is 5.88 Å². The number of hydrogen-bond donors (Lipinski definition) is 1. The summed E-state index contributed by atoms with van der Waals surface area (Å²) < 4.78 is 5.11. The molecule has 1 N–H and O–H groups in total. The minimum Gasteiger partial charge on any atom is -0.481 e. The van der Waals surface area contributed by atoms with Gasteiger partial charge in [-0.1, -0.05) is 25.6 Å². The molecule has 1 aliphatic rings. The van der Waals surface area contributed by atoms with Gasteiger partial charge in [0.15, 0.2) is 5.17 Å². The Morgan fingerprint density at radius 2 is 2.42 bits per heavy atom. The van der Waals surface area contributed by atoms with Crippen molar-refractivity contribution in [1.29, 1.82) is 0 Å². The summed E-state index contributed by atoms with van der Waals surface area (Å²) in [7, 11) is 1.63. The minimum atomic E-state index is 0.565. The quantitative estimate of drug-likeness (QED) is 0.900. The van der Waals surface area contributed by atoms with Gasteiger partial charge >= 0.3 is 0 Å². The zero-order valence-electron chi connectivity index (χ0n) is 11.7. The maximum Gasteiger partial charge on any atom is 0.213 e. The molecule has 104 valence electrons. The Labute approximate surface area is 119 Å². The number of rotatable bonds is 5. The number of methoxy groups -OCH3 is 1. The molecule has 1 atom stereocenters. The van der Waals surface area contributed by atoms with E-state index in [1.54, 1.807) is 13.3 Å². The number of aliphatic imine (C=N–C) groups is 1. The van der Waals surface area contributed by atoms with Gasteiger partial charge in [0.25, 0.3) is 0 Å². The van der Waals surface area contributed by atoms with Crippen molar-refractivity contribution in [3.8, 4) is 5.88 Å². The first-order chi connectivity index (χ1) is 9.17. The molecule has 0 saturated carbocycles. The average Bonchev–Trinajstić information content (AvgIpc) is 2.83. The molecular weight excluding hydrogens is 258 g/mol. The molecule has 1 aliphatic heterocycles. The Morgan fingerprint density at radius 1 is 1.58 bits per heavy atom. The van der Waals surface area contributed by atoms with Crippen LogP contribution in [0.4, 0.5) is 0 Å². The summed E-state index contributed by atoms with van der Waals surface area (Å²) in [5.41, 5.74) is 1.12. The third-order valence-corrected chi connectivity index (χ3v) is 4.01. The van der Waals surface area contributed by atoms with Crippen molar-refractivity contribution in [2.75, 3.05) is 12.9 Å².